The minimum absolute atomic E-state index is 0.0956. The number of benzene rings is 2. The molecule has 0 aliphatic carbocycles. The van der Waals surface area contributed by atoms with E-state index in [0.29, 0.717) is 30.5 Å². The fourth-order valence-electron chi connectivity index (χ4n) is 2.33. The second-order valence-electron chi connectivity index (χ2n) is 5.26. The highest BCUT2D eigenvalue weighted by molar-refractivity contribution is 7.87. The molecule has 7 nitrogen and oxygen atoms in total. The van der Waals surface area contributed by atoms with Gasteiger partial charge in [0.05, 0.1) is 12.7 Å². The van der Waals surface area contributed by atoms with E-state index in [-0.39, 0.29) is 22.0 Å². The van der Waals surface area contributed by atoms with E-state index in [2.05, 4.69) is 0 Å². The van der Waals surface area contributed by atoms with E-state index < -0.39 is 10.1 Å². The molecule has 0 saturated heterocycles. The molecule has 0 aromatic heterocycles. The predicted molar refractivity (Wildman–Crippen MR) is 88.2 cm³/mol. The maximum Gasteiger partial charge on any atom is 0.339 e. The quantitative estimate of drug-likeness (QED) is 0.595. The van der Waals surface area contributed by atoms with Crippen LogP contribution in [0.2, 0.25) is 0 Å². The van der Waals surface area contributed by atoms with E-state index >= 15 is 0 Å². The summed E-state index contributed by atoms with van der Waals surface area (Å²) in [4.78, 5) is 11.6. The monoisotopic (exact) mass is 364 g/mol. The Morgan fingerprint density at radius 2 is 1.76 bits per heavy atom. The van der Waals surface area contributed by atoms with Crippen molar-refractivity contribution >= 4 is 15.9 Å². The number of rotatable bonds is 5. The van der Waals surface area contributed by atoms with Crippen LogP contribution in [0, 0.1) is 0 Å². The molecule has 0 spiro atoms. The molecule has 0 fully saturated rings. The Balaban J connectivity index is 1.98. The van der Waals surface area contributed by atoms with E-state index in [9.17, 15) is 13.2 Å². The Morgan fingerprint density at radius 3 is 2.44 bits per heavy atom. The van der Waals surface area contributed by atoms with Crippen molar-refractivity contribution in [3.63, 3.8) is 0 Å². The van der Waals surface area contributed by atoms with Gasteiger partial charge in [-0.2, -0.15) is 8.42 Å². The normalized spacial score (nSPS) is 13.2. The number of carbonyl (C=O) groups excluding carboxylic acids is 1. The van der Waals surface area contributed by atoms with Gasteiger partial charge < -0.3 is 18.4 Å². The fourth-order valence-corrected chi connectivity index (χ4v) is 3.29. The smallest absolute Gasteiger partial charge is 0.339 e. The molecular formula is C17H16O7S. The molecule has 0 unspecified atom stereocenters. The summed E-state index contributed by atoms with van der Waals surface area (Å²) in [6.07, 6.45) is 0. The highest BCUT2D eigenvalue weighted by Gasteiger charge is 2.23. The molecule has 0 N–H and O–H groups in total. The molecule has 25 heavy (non-hydrogen) atoms. The lowest BCUT2D eigenvalue weighted by atomic mass is 10.1. The zero-order chi connectivity index (χ0) is 18.0. The predicted octanol–water partition coefficient (Wildman–Crippen LogP) is 2.44. The molecule has 1 aliphatic heterocycles. The van der Waals surface area contributed by atoms with Gasteiger partial charge in [0.2, 0.25) is 0 Å². The van der Waals surface area contributed by atoms with Gasteiger partial charge in [-0.3, -0.25) is 4.79 Å². The summed E-state index contributed by atoms with van der Waals surface area (Å²) in [7, 11) is -2.74. The van der Waals surface area contributed by atoms with Crippen LogP contribution in [0.15, 0.2) is 41.3 Å². The summed E-state index contributed by atoms with van der Waals surface area (Å²) >= 11 is 0. The maximum atomic E-state index is 12.6. The Labute approximate surface area is 145 Å². The molecule has 0 saturated carbocycles. The van der Waals surface area contributed by atoms with Crippen LogP contribution >= 0.6 is 0 Å². The zero-order valence-electron chi connectivity index (χ0n) is 13.6. The van der Waals surface area contributed by atoms with Gasteiger partial charge in [0.15, 0.2) is 23.0 Å². The first-order valence-corrected chi connectivity index (χ1v) is 8.84. The van der Waals surface area contributed by atoms with Crippen LogP contribution in [0.1, 0.15) is 17.3 Å². The van der Waals surface area contributed by atoms with E-state index in [1.807, 2.05) is 0 Å². The number of hydrogen-bond acceptors (Lipinski definition) is 7. The Hall–Kier alpha value is -2.74. The molecule has 1 heterocycles. The SMILES string of the molecule is COc1ccc(C(C)=O)c(OS(=O)(=O)c2ccc3c(c2)OCCO3)c1. The third-order valence-electron chi connectivity index (χ3n) is 3.57. The van der Waals surface area contributed by atoms with Crippen molar-refractivity contribution in [3.05, 3.63) is 42.0 Å². The van der Waals surface area contributed by atoms with Crippen LogP contribution in [-0.4, -0.2) is 34.5 Å². The second-order valence-corrected chi connectivity index (χ2v) is 6.81. The standard InChI is InChI=1S/C17H16O7S/c1-11(18)14-5-3-12(21-2)9-16(14)24-25(19,20)13-4-6-15-17(10-13)23-8-7-22-15/h3-6,9-10H,7-8H2,1-2H3. The first kappa shape index (κ1) is 17.1. The van der Waals surface area contributed by atoms with Crippen molar-refractivity contribution in [2.24, 2.45) is 0 Å². The van der Waals surface area contributed by atoms with Crippen LogP contribution < -0.4 is 18.4 Å². The number of carbonyl (C=O) groups is 1. The summed E-state index contributed by atoms with van der Waals surface area (Å²) < 4.78 is 46.2. The molecular weight excluding hydrogens is 348 g/mol. The van der Waals surface area contributed by atoms with Gasteiger partial charge in [-0.05, 0) is 31.2 Å². The van der Waals surface area contributed by atoms with Crippen LogP contribution in [-0.2, 0) is 10.1 Å². The largest absolute Gasteiger partial charge is 0.497 e. The van der Waals surface area contributed by atoms with Crippen molar-refractivity contribution in [1.29, 1.82) is 0 Å². The van der Waals surface area contributed by atoms with Crippen LogP contribution in [0.5, 0.6) is 23.0 Å². The van der Waals surface area contributed by atoms with E-state index in [0.717, 1.165) is 0 Å². The first-order chi connectivity index (χ1) is 11.9. The Bertz CT molecular complexity index is 919. The van der Waals surface area contributed by atoms with Crippen LogP contribution in [0.25, 0.3) is 0 Å². The molecule has 0 amide bonds. The highest BCUT2D eigenvalue weighted by Crippen LogP contribution is 2.34. The average molecular weight is 364 g/mol. The van der Waals surface area contributed by atoms with Gasteiger partial charge in [0, 0.05) is 12.1 Å². The number of ketones is 1. The van der Waals surface area contributed by atoms with Crippen molar-refractivity contribution in [3.8, 4) is 23.0 Å². The molecule has 8 heteroatoms. The molecule has 0 atom stereocenters. The lowest BCUT2D eigenvalue weighted by Gasteiger charge is -2.19. The summed E-state index contributed by atoms with van der Waals surface area (Å²) in [5.74, 6) is 0.749. The fraction of sp³-hybridized carbons (Fsp3) is 0.235. The molecule has 1 aliphatic rings. The minimum atomic E-state index is -4.17. The number of hydrogen-bond donors (Lipinski definition) is 0. The second kappa shape index (κ2) is 6.64. The van der Waals surface area contributed by atoms with Gasteiger partial charge >= 0.3 is 10.1 Å². The number of fused-ring (bicyclic) bond motifs is 1. The number of ether oxygens (including phenoxy) is 3. The summed E-state index contributed by atoms with van der Waals surface area (Å²) in [6.45, 7) is 2.06. The van der Waals surface area contributed by atoms with Crippen LogP contribution in [0.4, 0.5) is 0 Å². The van der Waals surface area contributed by atoms with Crippen molar-refractivity contribution in [1.82, 2.24) is 0 Å². The lowest BCUT2D eigenvalue weighted by Crippen LogP contribution is -2.17. The Kier molecular flexibility index (Phi) is 4.54. The van der Waals surface area contributed by atoms with Gasteiger partial charge in [-0.1, -0.05) is 0 Å². The maximum absolute atomic E-state index is 12.6. The molecule has 3 rings (SSSR count). The van der Waals surface area contributed by atoms with Gasteiger partial charge in [0.25, 0.3) is 0 Å². The third kappa shape index (κ3) is 3.53. The molecule has 132 valence electrons. The van der Waals surface area contributed by atoms with Crippen LogP contribution in [0.3, 0.4) is 0 Å². The van der Waals surface area contributed by atoms with E-state index in [4.69, 9.17) is 18.4 Å². The molecule has 2 aromatic carbocycles. The van der Waals surface area contributed by atoms with Crippen molar-refractivity contribution < 1.29 is 31.6 Å². The summed E-state index contributed by atoms with van der Waals surface area (Å²) in [5, 5.41) is 0. The topological polar surface area (TPSA) is 88.1 Å². The van der Waals surface area contributed by atoms with E-state index in [1.54, 1.807) is 6.07 Å². The van der Waals surface area contributed by atoms with Gasteiger partial charge in [0.1, 0.15) is 23.9 Å². The molecule has 0 radical (unpaired) electrons. The van der Waals surface area contributed by atoms with Gasteiger partial charge in [-0.25, -0.2) is 0 Å². The molecule has 2 aromatic rings. The zero-order valence-corrected chi connectivity index (χ0v) is 14.5. The average Bonchev–Trinajstić information content (AvgIpc) is 2.60. The van der Waals surface area contributed by atoms with Crippen molar-refractivity contribution in [2.75, 3.05) is 20.3 Å². The van der Waals surface area contributed by atoms with Gasteiger partial charge in [-0.15, -0.1) is 0 Å². The first-order valence-electron chi connectivity index (χ1n) is 7.44. The lowest BCUT2D eigenvalue weighted by molar-refractivity contribution is 0.101. The van der Waals surface area contributed by atoms with E-state index in [1.165, 1.54) is 44.4 Å². The summed E-state index contributed by atoms with van der Waals surface area (Å²) in [5.41, 5.74) is 0.141. The molecule has 0 bridgehead atoms. The third-order valence-corrected chi connectivity index (χ3v) is 4.80. The number of Topliss-reactive ketones (excluding diaryl/α,β-unsaturated/α-hetero) is 1. The van der Waals surface area contributed by atoms with Crippen molar-refractivity contribution in [2.45, 2.75) is 11.8 Å². The summed E-state index contributed by atoms with van der Waals surface area (Å²) in [6, 6.07) is 8.55. The minimum Gasteiger partial charge on any atom is -0.497 e. The Morgan fingerprint density at radius 1 is 1.04 bits per heavy atom. The highest BCUT2D eigenvalue weighted by atomic mass is 32.2. The number of methoxy groups -OCH3 is 1.